The van der Waals surface area contributed by atoms with E-state index in [2.05, 4.69) is 19.9 Å². The molecule has 0 saturated heterocycles. The molecule has 8 heteroatoms. The Morgan fingerprint density at radius 1 is 1.29 bits per heavy atom. The summed E-state index contributed by atoms with van der Waals surface area (Å²) in [6, 6.07) is 7.00. The first-order valence-electron chi connectivity index (χ1n) is 4.64. The van der Waals surface area contributed by atoms with Crippen LogP contribution in [0.3, 0.4) is 0 Å². The summed E-state index contributed by atoms with van der Waals surface area (Å²) in [5, 5.41) is 7.15. The zero-order valence-electron chi connectivity index (χ0n) is 8.91. The van der Waals surface area contributed by atoms with Crippen LogP contribution >= 0.6 is 11.8 Å². The number of sulfonamides is 1. The van der Waals surface area contributed by atoms with E-state index in [9.17, 15) is 8.42 Å². The quantitative estimate of drug-likeness (QED) is 0.875. The molecule has 1 heterocycles. The Morgan fingerprint density at radius 2 is 2.00 bits per heavy atom. The highest BCUT2D eigenvalue weighted by Crippen LogP contribution is 2.25. The number of nitrogens with one attached hydrogen (secondary N) is 2. The molecule has 0 amide bonds. The molecule has 90 valence electrons. The van der Waals surface area contributed by atoms with E-state index in [1.54, 1.807) is 24.3 Å². The molecule has 1 aromatic carbocycles. The fourth-order valence-electron chi connectivity index (χ4n) is 1.16. The molecule has 0 saturated carbocycles. The van der Waals surface area contributed by atoms with Crippen LogP contribution in [0.2, 0.25) is 0 Å². The standard InChI is InChI=1S/C9H10N4O2S2/c1-17(14,15)13-7-2-4-8(5-3-7)16-9-10-6-11-12-9/h2-6,13H,1H3,(H,10,11,12). The van der Waals surface area contributed by atoms with Crippen molar-refractivity contribution in [3.8, 4) is 0 Å². The number of hydrogen-bond donors (Lipinski definition) is 2. The molecule has 1 aromatic heterocycles. The number of nitrogens with zero attached hydrogens (tertiary/aromatic N) is 2. The first-order chi connectivity index (χ1) is 8.03. The summed E-state index contributed by atoms with van der Waals surface area (Å²) in [6.07, 6.45) is 2.55. The van der Waals surface area contributed by atoms with Crippen LogP contribution in [0.25, 0.3) is 0 Å². The van der Waals surface area contributed by atoms with Crippen molar-refractivity contribution >= 4 is 27.5 Å². The predicted octanol–water partition coefficient (Wildman–Crippen LogP) is 1.33. The van der Waals surface area contributed by atoms with Crippen molar-refractivity contribution < 1.29 is 8.42 Å². The second-order valence-electron chi connectivity index (χ2n) is 3.29. The van der Waals surface area contributed by atoms with Gasteiger partial charge < -0.3 is 0 Å². The fourth-order valence-corrected chi connectivity index (χ4v) is 2.42. The van der Waals surface area contributed by atoms with Gasteiger partial charge in [0.25, 0.3) is 0 Å². The van der Waals surface area contributed by atoms with Gasteiger partial charge in [-0.15, -0.1) is 0 Å². The number of rotatable bonds is 4. The first kappa shape index (κ1) is 11.9. The van der Waals surface area contributed by atoms with Gasteiger partial charge in [-0.3, -0.25) is 9.82 Å². The molecule has 0 bridgehead atoms. The van der Waals surface area contributed by atoms with Crippen molar-refractivity contribution in [1.82, 2.24) is 15.2 Å². The molecule has 0 spiro atoms. The van der Waals surface area contributed by atoms with Gasteiger partial charge >= 0.3 is 0 Å². The summed E-state index contributed by atoms with van der Waals surface area (Å²) in [5.41, 5.74) is 0.536. The van der Waals surface area contributed by atoms with Crippen LogP contribution in [0, 0.1) is 0 Å². The number of aromatic nitrogens is 3. The minimum atomic E-state index is -3.23. The summed E-state index contributed by atoms with van der Waals surface area (Å²) < 4.78 is 24.4. The van der Waals surface area contributed by atoms with Gasteiger partial charge in [0, 0.05) is 10.6 Å². The molecule has 2 rings (SSSR count). The largest absolute Gasteiger partial charge is 0.284 e. The molecule has 0 atom stereocenters. The van der Waals surface area contributed by atoms with Gasteiger partial charge in [0.2, 0.25) is 10.0 Å². The van der Waals surface area contributed by atoms with Crippen molar-refractivity contribution in [2.24, 2.45) is 0 Å². The molecule has 17 heavy (non-hydrogen) atoms. The summed E-state index contributed by atoms with van der Waals surface area (Å²) >= 11 is 1.41. The van der Waals surface area contributed by atoms with E-state index in [0.29, 0.717) is 10.8 Å². The molecule has 0 radical (unpaired) electrons. The SMILES string of the molecule is CS(=O)(=O)Nc1ccc(Sc2ncn[nH]2)cc1. The monoisotopic (exact) mass is 270 g/mol. The van der Waals surface area contributed by atoms with E-state index in [0.717, 1.165) is 11.2 Å². The predicted molar refractivity (Wildman–Crippen MR) is 65.4 cm³/mol. The lowest BCUT2D eigenvalue weighted by atomic mass is 10.3. The van der Waals surface area contributed by atoms with Gasteiger partial charge in [0.05, 0.1) is 6.26 Å². The van der Waals surface area contributed by atoms with Crippen molar-refractivity contribution in [3.63, 3.8) is 0 Å². The van der Waals surface area contributed by atoms with Crippen LogP contribution in [-0.4, -0.2) is 29.9 Å². The number of hydrogen-bond acceptors (Lipinski definition) is 5. The van der Waals surface area contributed by atoms with E-state index in [1.165, 1.54) is 18.1 Å². The van der Waals surface area contributed by atoms with E-state index in [-0.39, 0.29) is 0 Å². The zero-order chi connectivity index (χ0) is 12.3. The van der Waals surface area contributed by atoms with Crippen LogP contribution in [0.1, 0.15) is 0 Å². The third-order valence-corrected chi connectivity index (χ3v) is 3.27. The third-order valence-electron chi connectivity index (χ3n) is 1.77. The number of benzene rings is 1. The van der Waals surface area contributed by atoms with E-state index < -0.39 is 10.0 Å². The Morgan fingerprint density at radius 3 is 2.53 bits per heavy atom. The maximum absolute atomic E-state index is 11.0. The molecule has 0 aliphatic carbocycles. The summed E-state index contributed by atoms with van der Waals surface area (Å²) in [5.74, 6) is 0. The summed E-state index contributed by atoms with van der Waals surface area (Å²) in [6.45, 7) is 0. The Labute approximate surface area is 103 Å². The minimum Gasteiger partial charge on any atom is -0.284 e. The summed E-state index contributed by atoms with van der Waals surface area (Å²) in [4.78, 5) is 4.92. The maximum atomic E-state index is 11.0. The average molecular weight is 270 g/mol. The highest BCUT2D eigenvalue weighted by atomic mass is 32.2. The number of aromatic amines is 1. The topological polar surface area (TPSA) is 87.7 Å². The Bertz CT molecular complexity index is 578. The Hall–Kier alpha value is -1.54. The molecule has 0 unspecified atom stereocenters. The fraction of sp³-hybridized carbons (Fsp3) is 0.111. The molecule has 2 N–H and O–H groups in total. The lowest BCUT2D eigenvalue weighted by Gasteiger charge is -2.04. The second kappa shape index (κ2) is 4.76. The second-order valence-corrected chi connectivity index (χ2v) is 6.10. The molecular formula is C9H10N4O2S2. The first-order valence-corrected chi connectivity index (χ1v) is 7.35. The molecule has 6 nitrogen and oxygen atoms in total. The van der Waals surface area contributed by atoms with Crippen LogP contribution in [0.5, 0.6) is 0 Å². The number of anilines is 1. The van der Waals surface area contributed by atoms with Gasteiger partial charge in [-0.25, -0.2) is 13.4 Å². The van der Waals surface area contributed by atoms with Gasteiger partial charge in [-0.2, -0.15) is 5.10 Å². The molecule has 0 fully saturated rings. The molecule has 0 aliphatic heterocycles. The molecular weight excluding hydrogens is 260 g/mol. The number of H-pyrrole nitrogens is 1. The van der Waals surface area contributed by atoms with Gasteiger partial charge in [0.1, 0.15) is 6.33 Å². The van der Waals surface area contributed by atoms with Crippen LogP contribution in [-0.2, 0) is 10.0 Å². The maximum Gasteiger partial charge on any atom is 0.229 e. The highest BCUT2D eigenvalue weighted by Gasteiger charge is 2.03. The summed E-state index contributed by atoms with van der Waals surface area (Å²) in [7, 11) is -3.23. The Balaban J connectivity index is 2.08. The zero-order valence-corrected chi connectivity index (χ0v) is 10.5. The van der Waals surface area contributed by atoms with Gasteiger partial charge in [0.15, 0.2) is 5.16 Å². The average Bonchev–Trinajstić information content (AvgIpc) is 2.71. The van der Waals surface area contributed by atoms with Crippen LogP contribution in [0.4, 0.5) is 5.69 Å². The van der Waals surface area contributed by atoms with Crippen molar-refractivity contribution in [3.05, 3.63) is 30.6 Å². The Kier molecular flexibility index (Phi) is 3.34. The van der Waals surface area contributed by atoms with Crippen molar-refractivity contribution in [2.45, 2.75) is 10.1 Å². The third kappa shape index (κ3) is 3.75. The van der Waals surface area contributed by atoms with Crippen LogP contribution < -0.4 is 4.72 Å². The van der Waals surface area contributed by atoms with Gasteiger partial charge in [-0.05, 0) is 24.3 Å². The van der Waals surface area contributed by atoms with Crippen LogP contribution in [0.15, 0.2) is 40.6 Å². The van der Waals surface area contributed by atoms with Gasteiger partial charge in [-0.1, -0.05) is 11.8 Å². The van der Waals surface area contributed by atoms with Crippen molar-refractivity contribution in [1.29, 1.82) is 0 Å². The lowest BCUT2D eigenvalue weighted by molar-refractivity contribution is 0.607. The van der Waals surface area contributed by atoms with Crippen molar-refractivity contribution in [2.75, 3.05) is 11.0 Å². The normalized spacial score (nSPS) is 11.4. The van der Waals surface area contributed by atoms with E-state index >= 15 is 0 Å². The van der Waals surface area contributed by atoms with E-state index in [1.807, 2.05) is 0 Å². The smallest absolute Gasteiger partial charge is 0.229 e. The highest BCUT2D eigenvalue weighted by molar-refractivity contribution is 7.99. The molecule has 2 aromatic rings. The lowest BCUT2D eigenvalue weighted by Crippen LogP contribution is -2.09. The minimum absolute atomic E-state index is 0.536. The van der Waals surface area contributed by atoms with E-state index in [4.69, 9.17) is 0 Å². The molecule has 0 aliphatic rings.